The van der Waals surface area contributed by atoms with Gasteiger partial charge < -0.3 is 10.1 Å². The molecule has 0 amide bonds. The van der Waals surface area contributed by atoms with Crippen molar-refractivity contribution < 1.29 is 4.74 Å². The van der Waals surface area contributed by atoms with E-state index in [0.717, 1.165) is 25.7 Å². The van der Waals surface area contributed by atoms with Crippen molar-refractivity contribution in [1.82, 2.24) is 10.2 Å². The standard InChI is InChI=1S/C18H30N2O/c1-14(11-19-18-9-10-18)17-7-5-16(6-8-17)12-20(3)15(2)13-21-4/h5-8,14-15,18-19H,9-13H2,1-4H3. The van der Waals surface area contributed by atoms with Crippen molar-refractivity contribution in [3.8, 4) is 0 Å². The summed E-state index contributed by atoms with van der Waals surface area (Å²) in [4.78, 5) is 2.33. The Bertz CT molecular complexity index is 414. The molecule has 2 atom stereocenters. The Morgan fingerprint density at radius 2 is 1.90 bits per heavy atom. The molecule has 0 aliphatic heterocycles. The molecule has 0 heterocycles. The zero-order valence-electron chi connectivity index (χ0n) is 13.9. The van der Waals surface area contributed by atoms with Gasteiger partial charge >= 0.3 is 0 Å². The molecule has 3 heteroatoms. The highest BCUT2D eigenvalue weighted by Crippen LogP contribution is 2.21. The molecule has 2 rings (SSSR count). The van der Waals surface area contributed by atoms with Crippen LogP contribution in [0.2, 0.25) is 0 Å². The van der Waals surface area contributed by atoms with Crippen LogP contribution < -0.4 is 5.32 Å². The molecule has 1 aliphatic carbocycles. The molecule has 0 spiro atoms. The molecule has 0 saturated heterocycles. The van der Waals surface area contributed by atoms with E-state index in [-0.39, 0.29) is 0 Å². The normalized spacial score (nSPS) is 18.0. The minimum atomic E-state index is 0.441. The lowest BCUT2D eigenvalue weighted by atomic mass is 9.99. The third-order valence-electron chi connectivity index (χ3n) is 4.43. The lowest BCUT2D eigenvalue weighted by molar-refractivity contribution is 0.112. The summed E-state index contributed by atoms with van der Waals surface area (Å²) < 4.78 is 5.22. The number of rotatable bonds is 9. The molecule has 1 aromatic carbocycles. The first-order valence-electron chi connectivity index (χ1n) is 8.11. The van der Waals surface area contributed by atoms with E-state index in [1.807, 2.05) is 0 Å². The van der Waals surface area contributed by atoms with Crippen molar-refractivity contribution in [3.63, 3.8) is 0 Å². The van der Waals surface area contributed by atoms with E-state index in [4.69, 9.17) is 4.74 Å². The highest BCUT2D eigenvalue weighted by atomic mass is 16.5. The van der Waals surface area contributed by atoms with E-state index in [9.17, 15) is 0 Å². The Labute approximate surface area is 129 Å². The summed E-state index contributed by atoms with van der Waals surface area (Å²) in [5.41, 5.74) is 2.80. The monoisotopic (exact) mass is 290 g/mol. The predicted octanol–water partition coefficient (Wildman–Crippen LogP) is 3.01. The summed E-state index contributed by atoms with van der Waals surface area (Å²) >= 11 is 0. The van der Waals surface area contributed by atoms with Crippen LogP contribution in [0, 0.1) is 0 Å². The second-order valence-electron chi connectivity index (χ2n) is 6.54. The van der Waals surface area contributed by atoms with Gasteiger partial charge in [0.1, 0.15) is 0 Å². The molecule has 3 nitrogen and oxygen atoms in total. The SMILES string of the molecule is COCC(C)N(C)Cc1ccc(C(C)CNC2CC2)cc1. The zero-order chi connectivity index (χ0) is 15.2. The summed E-state index contributed by atoms with van der Waals surface area (Å²) in [7, 11) is 3.91. The quantitative estimate of drug-likeness (QED) is 0.756. The maximum atomic E-state index is 5.22. The number of hydrogen-bond donors (Lipinski definition) is 1. The molecule has 0 bridgehead atoms. The molecule has 1 saturated carbocycles. The van der Waals surface area contributed by atoms with Crippen LogP contribution >= 0.6 is 0 Å². The third kappa shape index (κ3) is 5.42. The van der Waals surface area contributed by atoms with Gasteiger partial charge in [-0.15, -0.1) is 0 Å². The highest BCUT2D eigenvalue weighted by Gasteiger charge is 2.21. The van der Waals surface area contributed by atoms with Gasteiger partial charge in [0, 0.05) is 32.3 Å². The second kappa shape index (κ2) is 7.92. The summed E-state index contributed by atoms with van der Waals surface area (Å²) in [6.07, 6.45) is 2.72. The Balaban J connectivity index is 1.82. The topological polar surface area (TPSA) is 24.5 Å². The van der Waals surface area contributed by atoms with Crippen molar-refractivity contribution >= 4 is 0 Å². The van der Waals surface area contributed by atoms with E-state index in [2.05, 4.69) is 55.4 Å². The number of methoxy groups -OCH3 is 1. The van der Waals surface area contributed by atoms with Gasteiger partial charge in [-0.1, -0.05) is 31.2 Å². The number of hydrogen-bond acceptors (Lipinski definition) is 3. The van der Waals surface area contributed by atoms with Crippen LogP contribution in [-0.2, 0) is 11.3 Å². The number of ether oxygens (including phenoxy) is 1. The molecule has 1 aromatic rings. The van der Waals surface area contributed by atoms with E-state index >= 15 is 0 Å². The van der Waals surface area contributed by atoms with Gasteiger partial charge in [-0.05, 0) is 43.9 Å². The Kier molecular flexibility index (Phi) is 6.22. The largest absolute Gasteiger partial charge is 0.383 e. The van der Waals surface area contributed by atoms with Crippen LogP contribution in [0.4, 0.5) is 0 Å². The third-order valence-corrected chi connectivity index (χ3v) is 4.43. The minimum absolute atomic E-state index is 0.441. The number of benzene rings is 1. The summed E-state index contributed by atoms with van der Waals surface area (Å²) in [6.45, 7) is 7.34. The molecule has 118 valence electrons. The van der Waals surface area contributed by atoms with Crippen LogP contribution in [0.25, 0.3) is 0 Å². The van der Waals surface area contributed by atoms with Gasteiger partial charge in [0.25, 0.3) is 0 Å². The van der Waals surface area contributed by atoms with Crippen LogP contribution in [-0.4, -0.2) is 44.3 Å². The average molecular weight is 290 g/mol. The predicted molar refractivity (Wildman–Crippen MR) is 88.7 cm³/mol. The lowest BCUT2D eigenvalue weighted by Crippen LogP contribution is -2.32. The fourth-order valence-electron chi connectivity index (χ4n) is 2.51. The van der Waals surface area contributed by atoms with Crippen LogP contribution in [0.3, 0.4) is 0 Å². The van der Waals surface area contributed by atoms with Crippen LogP contribution in [0.15, 0.2) is 24.3 Å². The smallest absolute Gasteiger partial charge is 0.0615 e. The van der Waals surface area contributed by atoms with Gasteiger partial charge in [-0.25, -0.2) is 0 Å². The molecule has 2 unspecified atom stereocenters. The van der Waals surface area contributed by atoms with Gasteiger partial charge in [0.05, 0.1) is 6.61 Å². The minimum Gasteiger partial charge on any atom is -0.383 e. The lowest BCUT2D eigenvalue weighted by Gasteiger charge is -2.24. The van der Waals surface area contributed by atoms with Crippen molar-refractivity contribution in [2.24, 2.45) is 0 Å². The highest BCUT2D eigenvalue weighted by molar-refractivity contribution is 5.25. The molecule has 21 heavy (non-hydrogen) atoms. The van der Waals surface area contributed by atoms with Crippen molar-refractivity contribution in [3.05, 3.63) is 35.4 Å². The number of likely N-dealkylation sites (N-methyl/N-ethyl adjacent to an activating group) is 1. The molecule has 0 radical (unpaired) electrons. The van der Waals surface area contributed by atoms with Gasteiger partial charge in [0.2, 0.25) is 0 Å². The summed E-state index contributed by atoms with van der Waals surface area (Å²) in [5, 5.41) is 3.61. The summed E-state index contributed by atoms with van der Waals surface area (Å²) in [5.74, 6) is 0.588. The summed E-state index contributed by atoms with van der Waals surface area (Å²) in [6, 6.07) is 10.3. The van der Waals surface area contributed by atoms with Crippen LogP contribution in [0.5, 0.6) is 0 Å². The van der Waals surface area contributed by atoms with Crippen molar-refractivity contribution in [2.45, 2.75) is 51.2 Å². The van der Waals surface area contributed by atoms with E-state index in [1.54, 1.807) is 7.11 Å². The zero-order valence-corrected chi connectivity index (χ0v) is 13.9. The maximum Gasteiger partial charge on any atom is 0.0615 e. The van der Waals surface area contributed by atoms with Gasteiger partial charge in [-0.3, -0.25) is 4.90 Å². The van der Waals surface area contributed by atoms with Crippen LogP contribution in [0.1, 0.15) is 43.7 Å². The first kappa shape index (κ1) is 16.5. The van der Waals surface area contributed by atoms with E-state index in [1.165, 1.54) is 24.0 Å². The molecular weight excluding hydrogens is 260 g/mol. The Morgan fingerprint density at radius 3 is 2.48 bits per heavy atom. The fourth-order valence-corrected chi connectivity index (χ4v) is 2.51. The van der Waals surface area contributed by atoms with E-state index < -0.39 is 0 Å². The molecule has 1 fully saturated rings. The first-order valence-corrected chi connectivity index (χ1v) is 8.11. The molecule has 1 N–H and O–H groups in total. The Morgan fingerprint density at radius 1 is 1.24 bits per heavy atom. The van der Waals surface area contributed by atoms with Crippen molar-refractivity contribution in [2.75, 3.05) is 27.3 Å². The second-order valence-corrected chi connectivity index (χ2v) is 6.54. The first-order chi connectivity index (χ1) is 10.1. The average Bonchev–Trinajstić information content (AvgIpc) is 3.30. The molecule has 0 aromatic heterocycles. The van der Waals surface area contributed by atoms with Crippen molar-refractivity contribution in [1.29, 1.82) is 0 Å². The fraction of sp³-hybridized carbons (Fsp3) is 0.667. The molecule has 1 aliphatic rings. The Hall–Kier alpha value is -0.900. The number of nitrogens with one attached hydrogen (secondary N) is 1. The van der Waals surface area contributed by atoms with Gasteiger partial charge in [0.15, 0.2) is 0 Å². The maximum absolute atomic E-state index is 5.22. The molecular formula is C18H30N2O. The van der Waals surface area contributed by atoms with E-state index in [0.29, 0.717) is 12.0 Å². The number of nitrogens with zero attached hydrogens (tertiary/aromatic N) is 1. The van der Waals surface area contributed by atoms with Gasteiger partial charge in [-0.2, -0.15) is 0 Å².